The van der Waals surface area contributed by atoms with Crippen molar-refractivity contribution in [2.24, 2.45) is 5.84 Å². The summed E-state index contributed by atoms with van der Waals surface area (Å²) in [5.41, 5.74) is 3.13. The molecule has 0 aliphatic rings. The number of hydrogen-bond acceptors (Lipinski definition) is 6. The summed E-state index contributed by atoms with van der Waals surface area (Å²) in [4.78, 5) is 11.6. The number of ether oxygens (including phenoxy) is 1. The minimum Gasteiger partial charge on any atom is -0.444 e. The Bertz CT molecular complexity index is 534. The van der Waals surface area contributed by atoms with Crippen LogP contribution in [0.25, 0.3) is 11.3 Å². The van der Waals surface area contributed by atoms with Crippen LogP contribution < -0.4 is 16.0 Å². The molecule has 8 heteroatoms. The van der Waals surface area contributed by atoms with Crippen LogP contribution in [-0.4, -0.2) is 21.8 Å². The molecule has 0 saturated heterocycles. The molecule has 0 aliphatic carbocycles. The van der Waals surface area contributed by atoms with Crippen molar-refractivity contribution in [2.75, 3.05) is 12.3 Å². The van der Waals surface area contributed by atoms with Gasteiger partial charge in [-0.1, -0.05) is 0 Å². The van der Waals surface area contributed by atoms with E-state index in [9.17, 15) is 8.78 Å². The van der Waals surface area contributed by atoms with Crippen LogP contribution in [0.5, 0.6) is 5.88 Å². The first kappa shape index (κ1) is 12.1. The summed E-state index contributed by atoms with van der Waals surface area (Å²) in [6.07, 6.45) is 4.11. The van der Waals surface area contributed by atoms with Gasteiger partial charge in [-0.2, -0.15) is 0 Å². The lowest BCUT2D eigenvalue weighted by Crippen LogP contribution is -2.08. The Labute approximate surface area is 101 Å². The maximum atomic E-state index is 13.4. The Morgan fingerprint density at radius 1 is 1.22 bits per heavy atom. The monoisotopic (exact) mass is 253 g/mol. The molecule has 0 aliphatic heterocycles. The molecule has 0 bridgehead atoms. The first-order chi connectivity index (χ1) is 8.74. The Balaban J connectivity index is 2.30. The molecular weight excluding hydrogens is 244 g/mol. The summed E-state index contributed by atoms with van der Waals surface area (Å²) in [6.45, 7) is -1.14. The van der Waals surface area contributed by atoms with E-state index in [2.05, 4.69) is 25.1 Å². The van der Waals surface area contributed by atoms with Crippen LogP contribution in [0, 0.1) is 5.82 Å². The van der Waals surface area contributed by atoms with Crippen molar-refractivity contribution >= 4 is 5.82 Å². The lowest BCUT2D eigenvalue weighted by atomic mass is 10.2. The van der Waals surface area contributed by atoms with Crippen molar-refractivity contribution < 1.29 is 13.5 Å². The number of hydrazine groups is 1. The van der Waals surface area contributed by atoms with Crippen molar-refractivity contribution in [2.45, 2.75) is 0 Å². The molecule has 0 amide bonds. The topological polar surface area (TPSA) is 86.0 Å². The van der Waals surface area contributed by atoms with E-state index in [1.807, 2.05) is 0 Å². The number of halogens is 2. The number of hydrogen-bond donors (Lipinski definition) is 2. The fraction of sp³-hybridized carbons (Fsp3) is 0.100. The second-order valence-corrected chi connectivity index (χ2v) is 3.20. The molecule has 0 unspecified atom stereocenters. The second-order valence-electron chi connectivity index (χ2n) is 3.20. The van der Waals surface area contributed by atoms with Crippen LogP contribution in [-0.2, 0) is 0 Å². The van der Waals surface area contributed by atoms with E-state index < -0.39 is 18.6 Å². The number of nitrogens with one attached hydrogen (secondary N) is 1. The lowest BCUT2D eigenvalue weighted by molar-refractivity contribution is 0.177. The number of nitrogens with zero attached hydrogens (tertiary/aromatic N) is 3. The van der Waals surface area contributed by atoms with Crippen LogP contribution in [0.3, 0.4) is 0 Å². The summed E-state index contributed by atoms with van der Waals surface area (Å²) in [5.74, 6) is 4.35. The molecule has 94 valence electrons. The van der Waals surface area contributed by atoms with E-state index in [0.29, 0.717) is 17.1 Å². The third-order valence-electron chi connectivity index (χ3n) is 2.09. The van der Waals surface area contributed by atoms with E-state index in [1.54, 1.807) is 0 Å². The summed E-state index contributed by atoms with van der Waals surface area (Å²) in [7, 11) is 0. The van der Waals surface area contributed by atoms with Crippen LogP contribution in [0.15, 0.2) is 24.7 Å². The lowest BCUT2D eigenvalue weighted by Gasteiger charge is -2.05. The third-order valence-corrected chi connectivity index (χ3v) is 2.09. The normalized spacial score (nSPS) is 10.2. The minimum atomic E-state index is -1.14. The zero-order chi connectivity index (χ0) is 13.0. The number of anilines is 1. The highest BCUT2D eigenvalue weighted by atomic mass is 19.1. The van der Waals surface area contributed by atoms with E-state index in [-0.39, 0.29) is 0 Å². The Morgan fingerprint density at radius 2 is 2.06 bits per heavy atom. The van der Waals surface area contributed by atoms with Crippen LogP contribution >= 0.6 is 0 Å². The second kappa shape index (κ2) is 5.32. The van der Waals surface area contributed by atoms with Crippen molar-refractivity contribution in [1.82, 2.24) is 15.0 Å². The summed E-state index contributed by atoms with van der Waals surface area (Å²) in [5, 5.41) is 0. The summed E-state index contributed by atoms with van der Waals surface area (Å²) in [6, 6.07) is 1.14. The highest BCUT2D eigenvalue weighted by Crippen LogP contribution is 2.21. The zero-order valence-corrected chi connectivity index (χ0v) is 9.10. The largest absolute Gasteiger partial charge is 0.444 e. The van der Waals surface area contributed by atoms with Gasteiger partial charge >= 0.3 is 0 Å². The van der Waals surface area contributed by atoms with Crippen molar-refractivity contribution in [3.05, 3.63) is 30.5 Å². The maximum absolute atomic E-state index is 13.4. The van der Waals surface area contributed by atoms with Crippen molar-refractivity contribution in [1.29, 1.82) is 0 Å². The van der Waals surface area contributed by atoms with Gasteiger partial charge in [0.1, 0.15) is 0 Å². The minimum absolute atomic E-state index is 0.379. The van der Waals surface area contributed by atoms with Crippen LogP contribution in [0.4, 0.5) is 14.6 Å². The predicted octanol–water partition coefficient (Wildman–Crippen LogP) is 1.27. The van der Waals surface area contributed by atoms with Crippen LogP contribution in [0.1, 0.15) is 0 Å². The Morgan fingerprint density at radius 3 is 2.61 bits per heavy atom. The van der Waals surface area contributed by atoms with Gasteiger partial charge in [-0.15, -0.1) is 0 Å². The molecule has 0 fully saturated rings. The number of rotatable bonds is 4. The summed E-state index contributed by atoms with van der Waals surface area (Å²) < 4.78 is 29.7. The van der Waals surface area contributed by atoms with Gasteiger partial charge in [0.05, 0.1) is 18.1 Å². The molecule has 18 heavy (non-hydrogen) atoms. The van der Waals surface area contributed by atoms with Gasteiger partial charge in [0.25, 0.3) is 5.88 Å². The van der Waals surface area contributed by atoms with Gasteiger partial charge in [0, 0.05) is 11.8 Å². The van der Waals surface area contributed by atoms with E-state index >= 15 is 0 Å². The molecule has 2 aromatic rings. The third kappa shape index (κ3) is 2.48. The molecule has 3 N–H and O–H groups in total. The quantitative estimate of drug-likeness (QED) is 0.630. The first-order valence-electron chi connectivity index (χ1n) is 4.88. The number of nitrogen functional groups attached to an aromatic ring is 1. The van der Waals surface area contributed by atoms with Gasteiger partial charge < -0.3 is 10.2 Å². The van der Waals surface area contributed by atoms with E-state index in [0.717, 1.165) is 6.07 Å². The van der Waals surface area contributed by atoms with Crippen molar-refractivity contribution in [3.63, 3.8) is 0 Å². The van der Waals surface area contributed by atoms with Gasteiger partial charge in [-0.05, 0) is 6.07 Å². The average molecular weight is 253 g/mol. The van der Waals surface area contributed by atoms with Gasteiger partial charge in [0.15, 0.2) is 11.6 Å². The predicted molar refractivity (Wildman–Crippen MR) is 59.6 cm³/mol. The smallest absolute Gasteiger partial charge is 0.252 e. The first-order valence-corrected chi connectivity index (χ1v) is 4.88. The molecule has 0 atom stereocenters. The van der Waals surface area contributed by atoms with Crippen LogP contribution in [0.2, 0.25) is 0 Å². The average Bonchev–Trinajstić information content (AvgIpc) is 2.41. The fourth-order valence-electron chi connectivity index (χ4n) is 1.27. The SMILES string of the molecule is NNc1cnc(-c2cnc(OCF)c(F)c2)cn1. The van der Waals surface area contributed by atoms with Gasteiger partial charge in [-0.25, -0.2) is 24.6 Å². The number of nitrogens with two attached hydrogens (primary N) is 1. The van der Waals surface area contributed by atoms with Crippen molar-refractivity contribution in [3.8, 4) is 17.1 Å². The molecule has 0 saturated carbocycles. The molecule has 0 spiro atoms. The summed E-state index contributed by atoms with van der Waals surface area (Å²) >= 11 is 0. The maximum Gasteiger partial charge on any atom is 0.252 e. The standard InChI is InChI=1S/C10H9F2N5O/c11-5-18-10-7(12)1-6(2-16-10)8-3-15-9(17-13)4-14-8/h1-4H,5,13H2,(H,15,17). The Kier molecular flexibility index (Phi) is 3.58. The molecular formula is C10H9F2N5O. The van der Waals surface area contributed by atoms with Gasteiger partial charge in [-0.3, -0.25) is 4.98 Å². The fourth-order valence-corrected chi connectivity index (χ4v) is 1.27. The van der Waals surface area contributed by atoms with Gasteiger partial charge in [0.2, 0.25) is 6.86 Å². The number of alkyl halides is 1. The van der Waals surface area contributed by atoms with E-state index in [1.165, 1.54) is 18.6 Å². The van der Waals surface area contributed by atoms with E-state index in [4.69, 9.17) is 5.84 Å². The molecule has 0 aromatic carbocycles. The molecule has 2 rings (SSSR count). The molecule has 6 nitrogen and oxygen atoms in total. The zero-order valence-electron chi connectivity index (χ0n) is 9.10. The highest BCUT2D eigenvalue weighted by molar-refractivity contribution is 5.58. The molecule has 0 radical (unpaired) electrons. The molecule has 2 heterocycles. The number of pyridine rings is 1. The Hall–Kier alpha value is -2.35. The highest BCUT2D eigenvalue weighted by Gasteiger charge is 2.09. The number of aromatic nitrogens is 3. The molecule has 2 aromatic heterocycles.